The van der Waals surface area contributed by atoms with Gasteiger partial charge in [0.05, 0.1) is 0 Å². The highest BCUT2D eigenvalue weighted by molar-refractivity contribution is 4.80. The van der Waals surface area contributed by atoms with Crippen molar-refractivity contribution < 1.29 is 2.74 Å². The lowest BCUT2D eigenvalue weighted by atomic mass is 9.89. The van der Waals surface area contributed by atoms with Gasteiger partial charge in [0.25, 0.3) is 0 Å². The Bertz CT molecular complexity index is 135. The Kier molecular flexibility index (Phi) is 0.709. The quantitative estimate of drug-likeness (QED) is 0.452. The van der Waals surface area contributed by atoms with Crippen LogP contribution in [0.15, 0.2) is 0 Å². The third-order valence-corrected chi connectivity index (χ3v) is 2.46. The van der Waals surface area contributed by atoms with E-state index in [9.17, 15) is 0 Å². The van der Waals surface area contributed by atoms with E-state index in [4.69, 9.17) is 2.74 Å². The van der Waals surface area contributed by atoms with Crippen LogP contribution in [0, 0.1) is 11.8 Å². The summed E-state index contributed by atoms with van der Waals surface area (Å²) in [6.45, 7) is 0. The highest BCUT2D eigenvalue weighted by atomic mass is 14.3. The molecule has 0 aliphatic heterocycles. The lowest BCUT2D eigenvalue weighted by Crippen LogP contribution is -2.03. The van der Waals surface area contributed by atoms with Crippen molar-refractivity contribution in [2.75, 3.05) is 0 Å². The third-order valence-electron chi connectivity index (χ3n) is 2.46. The molecule has 8 heavy (non-hydrogen) atoms. The van der Waals surface area contributed by atoms with E-state index in [-0.39, 0.29) is 12.8 Å². The minimum Gasteiger partial charge on any atom is -0.0528 e. The van der Waals surface area contributed by atoms with Crippen LogP contribution in [-0.2, 0) is 0 Å². The first-order valence-electron chi connectivity index (χ1n) is 4.77. The summed E-state index contributed by atoms with van der Waals surface area (Å²) in [5.74, 6) is 1.40. The van der Waals surface area contributed by atoms with Crippen molar-refractivity contribution in [3.63, 3.8) is 0 Å². The van der Waals surface area contributed by atoms with E-state index in [1.54, 1.807) is 0 Å². The molecular formula is C8H14. The van der Waals surface area contributed by atoms with Crippen molar-refractivity contribution >= 4 is 0 Å². The fraction of sp³-hybridized carbons (Fsp3) is 1.00. The molecule has 2 aliphatic carbocycles. The molecule has 2 rings (SSSR count). The molecule has 2 aliphatic rings. The van der Waals surface area contributed by atoms with Gasteiger partial charge in [-0.25, -0.2) is 0 Å². The van der Waals surface area contributed by atoms with Gasteiger partial charge in [-0.15, -0.1) is 0 Å². The van der Waals surface area contributed by atoms with Gasteiger partial charge in [-0.2, -0.15) is 0 Å². The zero-order valence-electron chi connectivity index (χ0n) is 7.14. The van der Waals surface area contributed by atoms with Gasteiger partial charge in [-0.3, -0.25) is 0 Å². The van der Waals surface area contributed by atoms with Crippen LogP contribution in [0.1, 0.15) is 41.2 Å². The molecule has 0 spiro atoms. The first-order chi connectivity index (χ1) is 4.77. The maximum atomic E-state index is 7.67. The summed E-state index contributed by atoms with van der Waals surface area (Å²) in [4.78, 5) is 0. The van der Waals surface area contributed by atoms with E-state index in [0.717, 1.165) is 12.3 Å². The first-order valence-corrected chi connectivity index (χ1v) is 3.62. The molecular weight excluding hydrogens is 96.1 g/mol. The van der Waals surface area contributed by atoms with E-state index in [1.165, 1.54) is 19.3 Å². The molecule has 46 valence electrons. The Morgan fingerprint density at radius 3 is 3.00 bits per heavy atom. The van der Waals surface area contributed by atoms with Crippen molar-refractivity contribution in [3.8, 4) is 0 Å². The Morgan fingerprint density at radius 1 is 1.12 bits per heavy atom. The average molecular weight is 112 g/mol. The number of rotatable bonds is 0. The topological polar surface area (TPSA) is 0 Å². The predicted molar refractivity (Wildman–Crippen MR) is 34.7 cm³/mol. The Morgan fingerprint density at radius 2 is 2.00 bits per heavy atom. The Hall–Kier alpha value is 0. The highest BCUT2D eigenvalue weighted by Crippen LogP contribution is 2.41. The molecule has 0 saturated heterocycles. The van der Waals surface area contributed by atoms with E-state index in [2.05, 4.69) is 0 Å². The first kappa shape index (κ1) is 3.24. The molecule has 0 aromatic heterocycles. The Balaban J connectivity index is 2.09. The van der Waals surface area contributed by atoms with Crippen LogP contribution >= 0.6 is 0 Å². The fourth-order valence-corrected chi connectivity index (χ4v) is 1.97. The van der Waals surface area contributed by atoms with Gasteiger partial charge in [-0.05, 0) is 18.3 Å². The van der Waals surface area contributed by atoms with Crippen molar-refractivity contribution in [1.82, 2.24) is 0 Å². The molecule has 0 N–H and O–H groups in total. The summed E-state index contributed by atoms with van der Waals surface area (Å²) >= 11 is 0. The van der Waals surface area contributed by atoms with Gasteiger partial charge < -0.3 is 0 Å². The van der Waals surface area contributed by atoms with Gasteiger partial charge in [0.1, 0.15) is 0 Å². The van der Waals surface area contributed by atoms with Crippen molar-refractivity contribution in [2.24, 2.45) is 11.8 Å². The Labute approximate surface area is 54.1 Å². The second-order valence-corrected chi connectivity index (χ2v) is 3.10. The molecule has 4 unspecified atom stereocenters. The van der Waals surface area contributed by atoms with Crippen LogP contribution in [-0.4, -0.2) is 0 Å². The van der Waals surface area contributed by atoms with E-state index in [0.29, 0.717) is 5.92 Å². The maximum absolute atomic E-state index is 7.67. The second-order valence-electron chi connectivity index (χ2n) is 3.10. The minimum atomic E-state index is -0.0637. The molecule has 0 nitrogen and oxygen atoms in total. The molecule has 0 aromatic carbocycles. The van der Waals surface area contributed by atoms with Crippen LogP contribution in [0.3, 0.4) is 0 Å². The second kappa shape index (κ2) is 1.75. The maximum Gasteiger partial charge on any atom is 0.0269 e. The van der Waals surface area contributed by atoms with Crippen molar-refractivity contribution in [2.45, 2.75) is 38.5 Å². The normalized spacial score (nSPS) is 67.0. The summed E-state index contributed by atoms with van der Waals surface area (Å²) in [5, 5.41) is 0. The lowest BCUT2D eigenvalue weighted by molar-refractivity contribution is 0.359. The molecule has 2 saturated carbocycles. The van der Waals surface area contributed by atoms with Crippen LogP contribution < -0.4 is 0 Å². The zero-order valence-corrected chi connectivity index (χ0v) is 5.14. The molecule has 4 atom stereocenters. The molecule has 0 radical (unpaired) electrons. The standard InChI is InChI=1S/C8H14/c1-2-7-4-5-8(3-1)6-7/h7-8H,1-6H2/i1D,2D. The smallest absolute Gasteiger partial charge is 0.0269 e. The van der Waals surface area contributed by atoms with Gasteiger partial charge in [0.2, 0.25) is 0 Å². The zero-order chi connectivity index (χ0) is 7.14. The van der Waals surface area contributed by atoms with Crippen molar-refractivity contribution in [3.05, 3.63) is 0 Å². The third kappa shape index (κ3) is 0.667. The fourth-order valence-electron chi connectivity index (χ4n) is 1.97. The van der Waals surface area contributed by atoms with E-state index in [1.807, 2.05) is 0 Å². The molecule has 0 aromatic rings. The van der Waals surface area contributed by atoms with E-state index < -0.39 is 0 Å². The summed E-state index contributed by atoms with van der Waals surface area (Å²) in [6, 6.07) is 0. The van der Waals surface area contributed by atoms with E-state index >= 15 is 0 Å². The summed E-state index contributed by atoms with van der Waals surface area (Å²) in [6.07, 6.45) is 4.67. The van der Waals surface area contributed by atoms with Crippen LogP contribution in [0.4, 0.5) is 0 Å². The lowest BCUT2D eigenvalue weighted by Gasteiger charge is -2.16. The predicted octanol–water partition coefficient (Wildman–Crippen LogP) is 2.59. The number of hydrogen-bond acceptors (Lipinski definition) is 0. The molecule has 2 fully saturated rings. The van der Waals surface area contributed by atoms with Crippen molar-refractivity contribution in [1.29, 1.82) is 0 Å². The minimum absolute atomic E-state index is 0.0567. The highest BCUT2D eigenvalue weighted by Gasteiger charge is 2.27. The van der Waals surface area contributed by atoms with Gasteiger partial charge in [0, 0.05) is 2.74 Å². The van der Waals surface area contributed by atoms with Crippen LogP contribution in [0.5, 0.6) is 0 Å². The van der Waals surface area contributed by atoms with Crippen LogP contribution in [0.25, 0.3) is 0 Å². The number of fused-ring (bicyclic) bond motifs is 2. The average Bonchev–Trinajstić information content (AvgIpc) is 2.29. The molecule has 0 amide bonds. The summed E-state index contributed by atoms with van der Waals surface area (Å²) in [5.41, 5.74) is 0. The monoisotopic (exact) mass is 112 g/mol. The van der Waals surface area contributed by atoms with Crippen LogP contribution in [0.2, 0.25) is 0 Å². The summed E-state index contributed by atoms with van der Waals surface area (Å²) < 4.78 is 15.3. The molecule has 0 heteroatoms. The molecule has 2 bridgehead atoms. The SMILES string of the molecule is [2H]C1CC2CCC(C2)C1[2H]. The molecule has 0 heterocycles. The summed E-state index contributed by atoms with van der Waals surface area (Å²) in [7, 11) is 0. The van der Waals surface area contributed by atoms with Gasteiger partial charge >= 0.3 is 0 Å². The van der Waals surface area contributed by atoms with Gasteiger partial charge in [-0.1, -0.05) is 32.1 Å². The largest absolute Gasteiger partial charge is 0.0528 e. The number of hydrogen-bond donors (Lipinski definition) is 0. The van der Waals surface area contributed by atoms with Gasteiger partial charge in [0.15, 0.2) is 0 Å².